The smallest absolute Gasteiger partial charge is 0.223 e. The summed E-state index contributed by atoms with van der Waals surface area (Å²) in [6.07, 6.45) is 6.57. The van der Waals surface area contributed by atoms with Crippen molar-refractivity contribution in [3.63, 3.8) is 0 Å². The van der Waals surface area contributed by atoms with E-state index in [0.29, 0.717) is 12.6 Å². The van der Waals surface area contributed by atoms with Gasteiger partial charge < -0.3 is 10.6 Å². The molecule has 0 aromatic carbocycles. The van der Waals surface area contributed by atoms with Crippen LogP contribution in [0.2, 0.25) is 0 Å². The lowest BCUT2D eigenvalue weighted by atomic mass is 9.92. The van der Waals surface area contributed by atoms with Gasteiger partial charge in [-0.1, -0.05) is 0 Å². The molecular formula is C13H22N4O. The van der Waals surface area contributed by atoms with Gasteiger partial charge in [-0.25, -0.2) is 0 Å². The van der Waals surface area contributed by atoms with E-state index in [1.165, 1.54) is 0 Å². The van der Waals surface area contributed by atoms with Crippen LogP contribution in [0.4, 0.5) is 0 Å². The normalized spacial score (nSPS) is 23.9. The van der Waals surface area contributed by atoms with E-state index < -0.39 is 0 Å². The van der Waals surface area contributed by atoms with Crippen LogP contribution in [0.15, 0.2) is 12.4 Å². The van der Waals surface area contributed by atoms with Crippen molar-refractivity contribution in [2.24, 2.45) is 13.0 Å². The second kappa shape index (κ2) is 6.00. The molecule has 1 amide bonds. The van der Waals surface area contributed by atoms with Gasteiger partial charge in [0.15, 0.2) is 0 Å². The highest BCUT2D eigenvalue weighted by molar-refractivity contribution is 5.78. The Morgan fingerprint density at radius 1 is 1.67 bits per heavy atom. The van der Waals surface area contributed by atoms with E-state index in [9.17, 15) is 4.79 Å². The molecule has 0 bridgehead atoms. The molecule has 2 unspecified atom stereocenters. The summed E-state index contributed by atoms with van der Waals surface area (Å²) in [4.78, 5) is 12.0. The van der Waals surface area contributed by atoms with E-state index in [1.54, 1.807) is 4.68 Å². The third kappa shape index (κ3) is 3.57. The molecule has 100 valence electrons. The predicted octanol–water partition coefficient (Wildman–Crippen LogP) is 0.467. The van der Waals surface area contributed by atoms with Gasteiger partial charge in [0.25, 0.3) is 0 Å². The van der Waals surface area contributed by atoms with Gasteiger partial charge in [0.05, 0.1) is 6.20 Å². The van der Waals surface area contributed by atoms with Crippen molar-refractivity contribution in [1.29, 1.82) is 0 Å². The molecule has 1 fully saturated rings. The maximum Gasteiger partial charge on any atom is 0.223 e. The Morgan fingerprint density at radius 2 is 2.50 bits per heavy atom. The Hall–Kier alpha value is -1.36. The molecule has 1 aliphatic heterocycles. The quantitative estimate of drug-likeness (QED) is 0.816. The minimum absolute atomic E-state index is 0.176. The minimum atomic E-state index is 0.176. The van der Waals surface area contributed by atoms with Crippen molar-refractivity contribution in [2.75, 3.05) is 13.1 Å². The number of amides is 1. The number of aryl methyl sites for hydroxylation is 1. The van der Waals surface area contributed by atoms with Crippen LogP contribution in [0.5, 0.6) is 0 Å². The molecule has 1 aromatic heterocycles. The third-order valence-corrected chi connectivity index (χ3v) is 3.47. The molecule has 1 aromatic rings. The van der Waals surface area contributed by atoms with Crippen LogP contribution in [0.25, 0.3) is 0 Å². The molecule has 18 heavy (non-hydrogen) atoms. The zero-order chi connectivity index (χ0) is 13.0. The lowest BCUT2D eigenvalue weighted by Gasteiger charge is -2.27. The molecule has 2 rings (SSSR count). The standard InChI is InChI=1S/C13H22N4O/c1-10-7-12(4-6-14-10)13(18)15-5-3-11-8-16-17(2)9-11/h8-10,12,14H,3-7H2,1-2H3,(H,15,18). The molecule has 2 N–H and O–H groups in total. The van der Waals surface area contributed by atoms with Gasteiger partial charge in [0.2, 0.25) is 5.91 Å². The monoisotopic (exact) mass is 250 g/mol. The zero-order valence-electron chi connectivity index (χ0n) is 11.1. The summed E-state index contributed by atoms with van der Waals surface area (Å²) in [5.41, 5.74) is 1.16. The number of carbonyl (C=O) groups excluding carboxylic acids is 1. The van der Waals surface area contributed by atoms with Crippen molar-refractivity contribution in [2.45, 2.75) is 32.2 Å². The highest BCUT2D eigenvalue weighted by Gasteiger charge is 2.24. The molecule has 0 saturated carbocycles. The Bertz CT molecular complexity index is 401. The molecule has 2 atom stereocenters. The van der Waals surface area contributed by atoms with Gasteiger partial charge in [-0.05, 0) is 38.3 Å². The number of aromatic nitrogens is 2. The van der Waals surface area contributed by atoms with Gasteiger partial charge in [-0.15, -0.1) is 0 Å². The fourth-order valence-corrected chi connectivity index (χ4v) is 2.45. The summed E-state index contributed by atoms with van der Waals surface area (Å²) in [7, 11) is 1.90. The third-order valence-electron chi connectivity index (χ3n) is 3.47. The average Bonchev–Trinajstić information content (AvgIpc) is 2.75. The van der Waals surface area contributed by atoms with E-state index in [-0.39, 0.29) is 11.8 Å². The van der Waals surface area contributed by atoms with Crippen molar-refractivity contribution in [3.8, 4) is 0 Å². The van der Waals surface area contributed by atoms with Crippen LogP contribution in [0, 0.1) is 5.92 Å². The molecule has 0 spiro atoms. The highest BCUT2D eigenvalue weighted by Crippen LogP contribution is 2.15. The van der Waals surface area contributed by atoms with Gasteiger partial charge in [-0.3, -0.25) is 9.48 Å². The second-order valence-electron chi connectivity index (χ2n) is 5.14. The first-order valence-corrected chi connectivity index (χ1v) is 6.64. The molecular weight excluding hydrogens is 228 g/mol. The number of rotatable bonds is 4. The topological polar surface area (TPSA) is 59.0 Å². The van der Waals surface area contributed by atoms with Crippen molar-refractivity contribution < 1.29 is 4.79 Å². The van der Waals surface area contributed by atoms with Gasteiger partial charge in [-0.2, -0.15) is 5.10 Å². The van der Waals surface area contributed by atoms with Gasteiger partial charge in [0.1, 0.15) is 0 Å². The molecule has 2 heterocycles. The van der Waals surface area contributed by atoms with Gasteiger partial charge >= 0.3 is 0 Å². The lowest BCUT2D eigenvalue weighted by Crippen LogP contribution is -2.42. The fraction of sp³-hybridized carbons (Fsp3) is 0.692. The Balaban J connectivity index is 1.71. The molecule has 5 heteroatoms. The predicted molar refractivity (Wildman–Crippen MR) is 70.1 cm³/mol. The number of piperidine rings is 1. The highest BCUT2D eigenvalue weighted by atomic mass is 16.1. The second-order valence-corrected chi connectivity index (χ2v) is 5.14. The van der Waals surface area contributed by atoms with Gasteiger partial charge in [0, 0.05) is 31.7 Å². The number of carbonyl (C=O) groups is 1. The van der Waals surface area contributed by atoms with Crippen LogP contribution >= 0.6 is 0 Å². The van der Waals surface area contributed by atoms with E-state index in [0.717, 1.165) is 31.4 Å². The van der Waals surface area contributed by atoms with E-state index >= 15 is 0 Å². The first kappa shape index (κ1) is 13.1. The summed E-state index contributed by atoms with van der Waals surface area (Å²) in [5.74, 6) is 0.377. The number of nitrogens with zero attached hydrogens (tertiary/aromatic N) is 2. The molecule has 5 nitrogen and oxygen atoms in total. The lowest BCUT2D eigenvalue weighted by molar-refractivity contribution is -0.126. The van der Waals surface area contributed by atoms with E-state index in [4.69, 9.17) is 0 Å². The largest absolute Gasteiger partial charge is 0.356 e. The molecule has 1 saturated heterocycles. The number of nitrogens with one attached hydrogen (secondary N) is 2. The maximum absolute atomic E-state index is 12.0. The Kier molecular flexibility index (Phi) is 4.36. The summed E-state index contributed by atoms with van der Waals surface area (Å²) >= 11 is 0. The average molecular weight is 250 g/mol. The first-order valence-electron chi connectivity index (χ1n) is 6.64. The summed E-state index contributed by atoms with van der Waals surface area (Å²) in [6, 6.07) is 0.452. The van der Waals surface area contributed by atoms with Crippen LogP contribution in [-0.4, -0.2) is 34.8 Å². The fourth-order valence-electron chi connectivity index (χ4n) is 2.45. The number of hydrogen-bond donors (Lipinski definition) is 2. The van der Waals surface area contributed by atoms with Crippen molar-refractivity contribution in [3.05, 3.63) is 18.0 Å². The van der Waals surface area contributed by atoms with E-state index in [1.807, 2.05) is 19.4 Å². The Labute approximate surface area is 108 Å². The summed E-state index contributed by atoms with van der Waals surface area (Å²) in [5, 5.41) is 10.5. The van der Waals surface area contributed by atoms with Crippen LogP contribution in [0.1, 0.15) is 25.3 Å². The van der Waals surface area contributed by atoms with Crippen LogP contribution in [-0.2, 0) is 18.3 Å². The molecule has 0 aliphatic carbocycles. The summed E-state index contributed by atoms with van der Waals surface area (Å²) in [6.45, 7) is 3.78. The Morgan fingerprint density at radius 3 is 3.17 bits per heavy atom. The minimum Gasteiger partial charge on any atom is -0.356 e. The van der Waals surface area contributed by atoms with E-state index in [2.05, 4.69) is 22.7 Å². The molecule has 1 aliphatic rings. The zero-order valence-corrected chi connectivity index (χ0v) is 11.1. The molecule has 0 radical (unpaired) electrons. The van der Waals surface area contributed by atoms with Crippen LogP contribution in [0.3, 0.4) is 0 Å². The number of hydrogen-bond acceptors (Lipinski definition) is 3. The van der Waals surface area contributed by atoms with Crippen molar-refractivity contribution >= 4 is 5.91 Å². The summed E-state index contributed by atoms with van der Waals surface area (Å²) < 4.78 is 1.78. The van der Waals surface area contributed by atoms with Crippen LogP contribution < -0.4 is 10.6 Å². The van der Waals surface area contributed by atoms with Crippen molar-refractivity contribution in [1.82, 2.24) is 20.4 Å². The first-order chi connectivity index (χ1) is 8.65. The SMILES string of the molecule is CC1CC(C(=O)NCCc2cnn(C)c2)CCN1. The maximum atomic E-state index is 12.0.